The van der Waals surface area contributed by atoms with Crippen LogP contribution in [0.2, 0.25) is 0 Å². The standard InChI is InChI=1S/C18H17F3N2O3/c1-17(2)8-11-4-3-5-13(16(11)26-17)25-10-15(24)23-14-7-6-12(9-22-14)18(19,20)21/h3-7,9H,8,10H2,1-2H3,(H,22,23,24). The van der Waals surface area contributed by atoms with Crippen LogP contribution in [-0.2, 0) is 17.4 Å². The SMILES string of the molecule is CC1(C)Cc2cccc(OCC(=O)Nc3ccc(C(F)(F)F)cn3)c2O1. The number of hydrogen-bond donors (Lipinski definition) is 1. The number of aromatic nitrogens is 1. The van der Waals surface area contributed by atoms with Gasteiger partial charge in [0.15, 0.2) is 18.1 Å². The van der Waals surface area contributed by atoms with E-state index < -0.39 is 17.6 Å². The summed E-state index contributed by atoms with van der Waals surface area (Å²) in [6.45, 7) is 3.60. The van der Waals surface area contributed by atoms with E-state index in [1.165, 1.54) is 0 Å². The van der Waals surface area contributed by atoms with Crippen LogP contribution in [0.5, 0.6) is 11.5 Å². The third kappa shape index (κ3) is 4.07. The minimum Gasteiger partial charge on any atom is -0.483 e. The van der Waals surface area contributed by atoms with Gasteiger partial charge in [0.1, 0.15) is 11.4 Å². The lowest BCUT2D eigenvalue weighted by Crippen LogP contribution is -2.25. The van der Waals surface area contributed by atoms with Crippen LogP contribution in [0.25, 0.3) is 0 Å². The van der Waals surface area contributed by atoms with Crippen molar-refractivity contribution < 1.29 is 27.4 Å². The summed E-state index contributed by atoms with van der Waals surface area (Å²) in [5, 5.41) is 2.39. The predicted octanol–water partition coefficient (Wildman–Crippen LogP) is 3.83. The number of alkyl halides is 3. The summed E-state index contributed by atoms with van der Waals surface area (Å²) in [6.07, 6.45) is -3.07. The summed E-state index contributed by atoms with van der Waals surface area (Å²) in [5.41, 5.74) is -0.225. The Morgan fingerprint density at radius 2 is 2.08 bits per heavy atom. The molecule has 2 aromatic rings. The van der Waals surface area contributed by atoms with Crippen LogP contribution in [-0.4, -0.2) is 23.1 Å². The molecule has 5 nitrogen and oxygen atoms in total. The third-order valence-corrected chi connectivity index (χ3v) is 3.77. The zero-order valence-electron chi connectivity index (χ0n) is 14.2. The topological polar surface area (TPSA) is 60.5 Å². The van der Waals surface area contributed by atoms with E-state index in [9.17, 15) is 18.0 Å². The van der Waals surface area contributed by atoms with E-state index in [2.05, 4.69) is 10.3 Å². The molecule has 8 heteroatoms. The average molecular weight is 366 g/mol. The Labute approximate surface area is 148 Å². The number of benzene rings is 1. The molecule has 1 amide bonds. The molecule has 0 spiro atoms. The molecule has 0 bridgehead atoms. The lowest BCUT2D eigenvalue weighted by Gasteiger charge is -2.18. The van der Waals surface area contributed by atoms with Crippen molar-refractivity contribution in [1.82, 2.24) is 4.98 Å². The van der Waals surface area contributed by atoms with Gasteiger partial charge in [0.05, 0.1) is 5.56 Å². The number of hydrogen-bond acceptors (Lipinski definition) is 4. The highest BCUT2D eigenvalue weighted by Gasteiger charge is 2.32. The summed E-state index contributed by atoms with van der Waals surface area (Å²) in [7, 11) is 0. The number of amides is 1. The highest BCUT2D eigenvalue weighted by Crippen LogP contribution is 2.41. The normalized spacial score (nSPS) is 15.1. The Kier molecular flexibility index (Phi) is 4.52. The number of carbonyl (C=O) groups excluding carboxylic acids is 1. The molecule has 0 saturated carbocycles. The van der Waals surface area contributed by atoms with E-state index in [-0.39, 0.29) is 18.0 Å². The number of anilines is 1. The van der Waals surface area contributed by atoms with Gasteiger partial charge in [-0.05, 0) is 32.0 Å². The largest absolute Gasteiger partial charge is 0.483 e. The van der Waals surface area contributed by atoms with Crippen LogP contribution in [0, 0.1) is 0 Å². The first-order chi connectivity index (χ1) is 12.1. The second-order valence-corrected chi connectivity index (χ2v) is 6.55. The van der Waals surface area contributed by atoms with Crippen molar-refractivity contribution in [2.45, 2.75) is 32.0 Å². The minimum absolute atomic E-state index is 0.0160. The smallest absolute Gasteiger partial charge is 0.417 e. The van der Waals surface area contributed by atoms with Crippen molar-refractivity contribution >= 4 is 11.7 Å². The number of nitrogens with zero attached hydrogens (tertiary/aromatic N) is 1. The van der Waals surface area contributed by atoms with Crippen molar-refractivity contribution in [3.63, 3.8) is 0 Å². The first-order valence-corrected chi connectivity index (χ1v) is 7.91. The highest BCUT2D eigenvalue weighted by atomic mass is 19.4. The number of ether oxygens (including phenoxy) is 2. The molecule has 26 heavy (non-hydrogen) atoms. The Balaban J connectivity index is 1.60. The molecule has 0 atom stereocenters. The average Bonchev–Trinajstić information content (AvgIpc) is 2.87. The molecule has 0 aliphatic carbocycles. The van der Waals surface area contributed by atoms with E-state index in [0.717, 1.165) is 24.1 Å². The highest BCUT2D eigenvalue weighted by molar-refractivity contribution is 5.91. The van der Waals surface area contributed by atoms with Crippen LogP contribution >= 0.6 is 0 Å². The maximum absolute atomic E-state index is 12.5. The fraction of sp³-hybridized carbons (Fsp3) is 0.333. The second-order valence-electron chi connectivity index (χ2n) is 6.55. The number of nitrogens with one attached hydrogen (secondary N) is 1. The summed E-state index contributed by atoms with van der Waals surface area (Å²) in [4.78, 5) is 15.5. The quantitative estimate of drug-likeness (QED) is 0.893. The van der Waals surface area contributed by atoms with E-state index in [4.69, 9.17) is 9.47 Å². The Hall–Kier alpha value is -2.77. The van der Waals surface area contributed by atoms with Crippen molar-refractivity contribution in [2.24, 2.45) is 0 Å². The van der Waals surface area contributed by atoms with E-state index in [1.807, 2.05) is 26.0 Å². The molecular formula is C18H17F3N2O3. The summed E-state index contributed by atoms with van der Waals surface area (Å²) in [6, 6.07) is 7.39. The molecule has 0 fully saturated rings. The van der Waals surface area contributed by atoms with Crippen LogP contribution < -0.4 is 14.8 Å². The monoisotopic (exact) mass is 366 g/mol. The first-order valence-electron chi connectivity index (χ1n) is 7.91. The molecule has 1 aliphatic heterocycles. The van der Waals surface area contributed by atoms with E-state index in [0.29, 0.717) is 17.7 Å². The molecule has 0 saturated heterocycles. The lowest BCUT2D eigenvalue weighted by atomic mass is 10.0. The summed E-state index contributed by atoms with van der Waals surface area (Å²) < 4.78 is 48.8. The van der Waals surface area contributed by atoms with Gasteiger partial charge in [-0.1, -0.05) is 12.1 Å². The van der Waals surface area contributed by atoms with Gasteiger partial charge in [0.25, 0.3) is 5.91 Å². The molecule has 0 radical (unpaired) electrons. The van der Waals surface area contributed by atoms with Gasteiger partial charge >= 0.3 is 6.18 Å². The van der Waals surface area contributed by atoms with Crippen LogP contribution in [0.3, 0.4) is 0 Å². The molecule has 1 aromatic heterocycles. The Morgan fingerprint density at radius 3 is 2.73 bits per heavy atom. The van der Waals surface area contributed by atoms with Crippen LogP contribution in [0.1, 0.15) is 25.0 Å². The van der Waals surface area contributed by atoms with Crippen molar-refractivity contribution in [1.29, 1.82) is 0 Å². The molecule has 1 N–H and O–H groups in total. The molecule has 2 heterocycles. The molecule has 3 rings (SSSR count). The van der Waals surface area contributed by atoms with Gasteiger partial charge in [-0.3, -0.25) is 4.79 Å². The number of rotatable bonds is 4. The second kappa shape index (κ2) is 6.51. The maximum Gasteiger partial charge on any atom is 0.417 e. The van der Waals surface area contributed by atoms with Gasteiger partial charge in [-0.2, -0.15) is 13.2 Å². The van der Waals surface area contributed by atoms with E-state index in [1.54, 1.807) is 6.07 Å². The lowest BCUT2D eigenvalue weighted by molar-refractivity contribution is -0.137. The Bertz CT molecular complexity index is 817. The molecule has 1 aliphatic rings. The zero-order valence-corrected chi connectivity index (χ0v) is 14.2. The zero-order chi connectivity index (χ0) is 18.9. The van der Waals surface area contributed by atoms with Crippen LogP contribution in [0.4, 0.5) is 19.0 Å². The third-order valence-electron chi connectivity index (χ3n) is 3.77. The Morgan fingerprint density at radius 1 is 1.31 bits per heavy atom. The number of pyridine rings is 1. The molecular weight excluding hydrogens is 349 g/mol. The fourth-order valence-electron chi connectivity index (χ4n) is 2.66. The number of fused-ring (bicyclic) bond motifs is 1. The van der Waals surface area contributed by atoms with Crippen molar-refractivity contribution in [2.75, 3.05) is 11.9 Å². The van der Waals surface area contributed by atoms with Gasteiger partial charge < -0.3 is 14.8 Å². The number of halogens is 3. The van der Waals surface area contributed by atoms with Crippen molar-refractivity contribution in [3.05, 3.63) is 47.7 Å². The number of para-hydroxylation sites is 1. The predicted molar refractivity (Wildman–Crippen MR) is 88.2 cm³/mol. The van der Waals surface area contributed by atoms with Gasteiger partial charge in [0.2, 0.25) is 0 Å². The van der Waals surface area contributed by atoms with E-state index >= 15 is 0 Å². The number of carbonyl (C=O) groups is 1. The first kappa shape index (κ1) is 18.0. The minimum atomic E-state index is -4.47. The summed E-state index contributed by atoms with van der Waals surface area (Å²) >= 11 is 0. The molecule has 1 aromatic carbocycles. The fourth-order valence-corrected chi connectivity index (χ4v) is 2.66. The maximum atomic E-state index is 12.5. The molecule has 0 unspecified atom stereocenters. The van der Waals surface area contributed by atoms with Gasteiger partial charge in [-0.25, -0.2) is 4.98 Å². The van der Waals surface area contributed by atoms with Gasteiger partial charge in [0, 0.05) is 18.2 Å². The van der Waals surface area contributed by atoms with Gasteiger partial charge in [-0.15, -0.1) is 0 Å². The molecule has 138 valence electrons. The van der Waals surface area contributed by atoms with Crippen molar-refractivity contribution in [3.8, 4) is 11.5 Å². The van der Waals surface area contributed by atoms with Crippen LogP contribution in [0.15, 0.2) is 36.5 Å². The summed E-state index contributed by atoms with van der Waals surface area (Å²) in [5.74, 6) is 0.538.